The molecule has 5 heteroatoms. The minimum atomic E-state index is 0.285. The molecule has 0 saturated heterocycles. The fourth-order valence-corrected chi connectivity index (χ4v) is 1.02. The van der Waals surface area contributed by atoms with E-state index in [1.807, 2.05) is 0 Å². The summed E-state index contributed by atoms with van der Waals surface area (Å²) in [6.45, 7) is 1.17. The first-order chi connectivity index (χ1) is 6.24. The summed E-state index contributed by atoms with van der Waals surface area (Å²) in [6.07, 6.45) is 2.34. The van der Waals surface area contributed by atoms with Crippen molar-refractivity contribution in [3.05, 3.63) is 22.4 Å². The van der Waals surface area contributed by atoms with Crippen LogP contribution >= 0.6 is 23.2 Å². The first kappa shape index (κ1) is 10.6. The van der Waals surface area contributed by atoms with Crippen LogP contribution in [0.15, 0.2) is 12.3 Å². The molecule has 2 N–H and O–H groups in total. The molecule has 72 valence electrons. The van der Waals surface area contributed by atoms with E-state index in [1.54, 1.807) is 6.07 Å². The van der Waals surface area contributed by atoms with Gasteiger partial charge < -0.3 is 10.5 Å². The van der Waals surface area contributed by atoms with Crippen LogP contribution in [0, 0.1) is 0 Å². The van der Waals surface area contributed by atoms with Gasteiger partial charge in [-0.25, -0.2) is 4.98 Å². The Kier molecular flexibility index (Phi) is 4.28. The van der Waals surface area contributed by atoms with E-state index in [4.69, 9.17) is 33.7 Å². The molecule has 0 amide bonds. The first-order valence-corrected chi connectivity index (χ1v) is 4.63. The van der Waals surface area contributed by atoms with Gasteiger partial charge in [0.15, 0.2) is 0 Å². The van der Waals surface area contributed by atoms with Gasteiger partial charge in [0.2, 0.25) is 0 Å². The molecule has 0 fully saturated rings. The average molecular weight is 221 g/mol. The van der Waals surface area contributed by atoms with Crippen LogP contribution in [0.5, 0.6) is 5.75 Å². The Morgan fingerprint density at radius 1 is 1.46 bits per heavy atom. The number of halogens is 2. The van der Waals surface area contributed by atoms with E-state index in [-0.39, 0.29) is 5.15 Å². The van der Waals surface area contributed by atoms with Crippen molar-refractivity contribution in [2.75, 3.05) is 13.2 Å². The lowest BCUT2D eigenvalue weighted by Crippen LogP contribution is -2.06. The number of pyridine rings is 1. The molecule has 3 nitrogen and oxygen atoms in total. The fraction of sp³-hybridized carbons (Fsp3) is 0.375. The first-order valence-electron chi connectivity index (χ1n) is 3.88. The Morgan fingerprint density at radius 3 is 2.85 bits per heavy atom. The molecule has 13 heavy (non-hydrogen) atoms. The van der Waals surface area contributed by atoms with Crippen molar-refractivity contribution >= 4 is 23.2 Å². The number of ether oxygens (including phenoxy) is 1. The largest absolute Gasteiger partial charge is 0.492 e. The van der Waals surface area contributed by atoms with E-state index in [0.29, 0.717) is 23.9 Å². The van der Waals surface area contributed by atoms with Crippen LogP contribution in [0.2, 0.25) is 10.2 Å². The molecular formula is C8H10Cl2N2O. The van der Waals surface area contributed by atoms with Crippen LogP contribution in [-0.4, -0.2) is 18.1 Å². The van der Waals surface area contributed by atoms with Gasteiger partial charge in [0, 0.05) is 6.07 Å². The smallest absolute Gasteiger partial charge is 0.147 e. The standard InChI is InChI=1S/C8H10Cl2N2O/c9-7-4-6(5-12-8(7)10)13-3-1-2-11/h4-5H,1-3,11H2. The van der Waals surface area contributed by atoms with Gasteiger partial charge >= 0.3 is 0 Å². The molecule has 0 aromatic carbocycles. The summed E-state index contributed by atoms with van der Waals surface area (Å²) in [5.74, 6) is 0.614. The Bertz CT molecular complexity index is 281. The van der Waals surface area contributed by atoms with Gasteiger partial charge in [-0.05, 0) is 13.0 Å². The number of rotatable bonds is 4. The van der Waals surface area contributed by atoms with Crippen molar-refractivity contribution in [2.24, 2.45) is 5.73 Å². The maximum absolute atomic E-state index is 5.73. The third-order valence-electron chi connectivity index (χ3n) is 1.39. The molecule has 0 aliphatic heterocycles. The van der Waals surface area contributed by atoms with Crippen molar-refractivity contribution in [3.63, 3.8) is 0 Å². The van der Waals surface area contributed by atoms with Gasteiger partial charge in [-0.15, -0.1) is 0 Å². The Morgan fingerprint density at radius 2 is 2.23 bits per heavy atom. The second-order valence-corrected chi connectivity index (χ2v) is 3.20. The molecule has 0 atom stereocenters. The van der Waals surface area contributed by atoms with Crippen molar-refractivity contribution in [2.45, 2.75) is 6.42 Å². The SMILES string of the molecule is NCCCOc1cnc(Cl)c(Cl)c1. The summed E-state index contributed by atoms with van der Waals surface area (Å²) in [5, 5.41) is 0.680. The van der Waals surface area contributed by atoms with E-state index in [0.717, 1.165) is 6.42 Å². The quantitative estimate of drug-likeness (QED) is 0.625. The normalized spacial score (nSPS) is 10.1. The summed E-state index contributed by atoms with van der Waals surface area (Å²) in [7, 11) is 0. The lowest BCUT2D eigenvalue weighted by atomic mass is 10.4. The van der Waals surface area contributed by atoms with Crippen molar-refractivity contribution in [1.82, 2.24) is 4.98 Å². The summed E-state index contributed by atoms with van der Waals surface area (Å²) >= 11 is 11.4. The zero-order valence-corrected chi connectivity index (χ0v) is 8.48. The van der Waals surface area contributed by atoms with E-state index in [9.17, 15) is 0 Å². The Hall–Kier alpha value is -0.510. The minimum Gasteiger partial charge on any atom is -0.492 e. The summed E-state index contributed by atoms with van der Waals surface area (Å²) in [5.41, 5.74) is 5.30. The van der Waals surface area contributed by atoms with Crippen LogP contribution in [0.25, 0.3) is 0 Å². The molecule has 0 aliphatic rings. The zero-order chi connectivity index (χ0) is 9.68. The maximum atomic E-state index is 5.73. The van der Waals surface area contributed by atoms with Crippen molar-refractivity contribution in [3.8, 4) is 5.75 Å². The van der Waals surface area contributed by atoms with Gasteiger partial charge in [-0.3, -0.25) is 0 Å². The fourth-order valence-electron chi connectivity index (χ4n) is 0.756. The number of aromatic nitrogens is 1. The molecule has 1 aromatic heterocycles. The predicted molar refractivity (Wildman–Crippen MR) is 53.4 cm³/mol. The van der Waals surface area contributed by atoms with Crippen LogP contribution < -0.4 is 10.5 Å². The highest BCUT2D eigenvalue weighted by Crippen LogP contribution is 2.23. The third kappa shape index (κ3) is 3.38. The molecule has 1 rings (SSSR count). The summed E-state index contributed by atoms with van der Waals surface area (Å²) < 4.78 is 5.30. The maximum Gasteiger partial charge on any atom is 0.147 e. The number of nitrogens with two attached hydrogens (primary N) is 1. The van der Waals surface area contributed by atoms with E-state index >= 15 is 0 Å². The molecule has 1 heterocycles. The van der Waals surface area contributed by atoms with Crippen LogP contribution in [0.1, 0.15) is 6.42 Å². The van der Waals surface area contributed by atoms with Gasteiger partial charge in [0.05, 0.1) is 17.8 Å². The van der Waals surface area contributed by atoms with Gasteiger partial charge in [0.25, 0.3) is 0 Å². The average Bonchev–Trinajstić information content (AvgIpc) is 2.12. The van der Waals surface area contributed by atoms with E-state index < -0.39 is 0 Å². The van der Waals surface area contributed by atoms with Crippen LogP contribution in [0.4, 0.5) is 0 Å². The van der Waals surface area contributed by atoms with Gasteiger partial charge in [-0.1, -0.05) is 23.2 Å². The third-order valence-corrected chi connectivity index (χ3v) is 2.07. The summed E-state index contributed by atoms with van der Waals surface area (Å²) in [6, 6.07) is 1.63. The number of hydrogen-bond acceptors (Lipinski definition) is 3. The van der Waals surface area contributed by atoms with Crippen LogP contribution in [0.3, 0.4) is 0 Å². The molecule has 0 radical (unpaired) electrons. The highest BCUT2D eigenvalue weighted by Gasteiger charge is 2.00. The van der Waals surface area contributed by atoms with E-state index in [1.165, 1.54) is 6.20 Å². The number of hydrogen-bond donors (Lipinski definition) is 1. The molecule has 1 aromatic rings. The highest BCUT2D eigenvalue weighted by molar-refractivity contribution is 6.41. The molecule has 0 saturated carbocycles. The second-order valence-electron chi connectivity index (χ2n) is 2.43. The molecule has 0 spiro atoms. The monoisotopic (exact) mass is 220 g/mol. The molecular weight excluding hydrogens is 211 g/mol. The van der Waals surface area contributed by atoms with Gasteiger partial charge in [0.1, 0.15) is 10.9 Å². The lowest BCUT2D eigenvalue weighted by Gasteiger charge is -2.04. The van der Waals surface area contributed by atoms with E-state index in [2.05, 4.69) is 4.98 Å². The lowest BCUT2D eigenvalue weighted by molar-refractivity contribution is 0.312. The Labute approximate surface area is 86.8 Å². The zero-order valence-electron chi connectivity index (χ0n) is 6.96. The minimum absolute atomic E-state index is 0.285. The van der Waals surface area contributed by atoms with Crippen LogP contribution in [-0.2, 0) is 0 Å². The van der Waals surface area contributed by atoms with Crippen molar-refractivity contribution in [1.29, 1.82) is 0 Å². The second kappa shape index (κ2) is 5.27. The van der Waals surface area contributed by atoms with Gasteiger partial charge in [-0.2, -0.15) is 0 Å². The molecule has 0 unspecified atom stereocenters. The van der Waals surface area contributed by atoms with Crippen molar-refractivity contribution < 1.29 is 4.74 Å². The molecule has 0 bridgehead atoms. The summed E-state index contributed by atoms with van der Waals surface area (Å²) in [4.78, 5) is 3.83. The topological polar surface area (TPSA) is 48.1 Å². The molecule has 0 aliphatic carbocycles. The Balaban J connectivity index is 2.53. The highest BCUT2D eigenvalue weighted by atomic mass is 35.5. The number of nitrogens with zero attached hydrogens (tertiary/aromatic N) is 1. The predicted octanol–water partition coefficient (Wildman–Crippen LogP) is 2.12.